The summed E-state index contributed by atoms with van der Waals surface area (Å²) in [6, 6.07) is 17.3. The summed E-state index contributed by atoms with van der Waals surface area (Å²) in [5.41, 5.74) is 1.71. The molecule has 1 atom stereocenters. The van der Waals surface area contributed by atoms with Gasteiger partial charge in [-0.3, -0.25) is 13.9 Å². The van der Waals surface area contributed by atoms with Crippen LogP contribution < -0.4 is 9.62 Å². The first-order chi connectivity index (χ1) is 18.8. The van der Waals surface area contributed by atoms with Gasteiger partial charge < -0.3 is 10.2 Å². The van der Waals surface area contributed by atoms with Crippen LogP contribution in [0.1, 0.15) is 31.9 Å². The number of carbonyl (C=O) groups is 2. The lowest BCUT2D eigenvalue weighted by molar-refractivity contribution is -0.139. The predicted octanol–water partition coefficient (Wildman–Crippen LogP) is 6.45. The van der Waals surface area contributed by atoms with Crippen molar-refractivity contribution >= 4 is 66.7 Å². The molecule has 0 unspecified atom stereocenters. The number of hydrogen-bond acceptors (Lipinski definition) is 4. The van der Waals surface area contributed by atoms with Crippen molar-refractivity contribution in [3.05, 3.63) is 92.4 Å². The molecule has 0 saturated heterocycles. The Labute approximate surface area is 254 Å². The second-order valence-corrected chi connectivity index (χ2v) is 13.4. The third kappa shape index (κ3) is 8.00. The van der Waals surface area contributed by atoms with Crippen LogP contribution in [0.3, 0.4) is 0 Å². The fraction of sp³-hybridized carbons (Fsp3) is 0.310. The minimum Gasteiger partial charge on any atom is -0.354 e. The van der Waals surface area contributed by atoms with Crippen molar-refractivity contribution in [3.63, 3.8) is 0 Å². The quantitative estimate of drug-likeness (QED) is 0.255. The van der Waals surface area contributed by atoms with Gasteiger partial charge in [0.25, 0.3) is 10.0 Å². The molecule has 7 nitrogen and oxygen atoms in total. The summed E-state index contributed by atoms with van der Waals surface area (Å²) in [7, 11) is -4.25. The summed E-state index contributed by atoms with van der Waals surface area (Å²) in [4.78, 5) is 28.4. The van der Waals surface area contributed by atoms with Crippen LogP contribution in [0.25, 0.3) is 0 Å². The molecule has 0 heterocycles. The highest BCUT2D eigenvalue weighted by Crippen LogP contribution is 2.35. The monoisotopic (exact) mass is 667 g/mol. The molecule has 3 rings (SSSR count). The van der Waals surface area contributed by atoms with E-state index < -0.39 is 28.5 Å². The third-order valence-corrected chi connectivity index (χ3v) is 9.32. The standard InChI is InChI=1S/C29H32BrCl2N3O4S/c1-19(2)16-33-29(37)21(4)34(17-22-10-12-23(30)13-11-22)27(36)18-35(26-7-5-6-25(31)28(26)32)40(38,39)24-14-8-20(3)9-15-24/h5-15,19,21H,16-18H2,1-4H3,(H,33,37)/t21-/m0/s1. The van der Waals surface area contributed by atoms with Gasteiger partial charge in [0.2, 0.25) is 11.8 Å². The number of benzene rings is 3. The van der Waals surface area contributed by atoms with Gasteiger partial charge >= 0.3 is 0 Å². The maximum atomic E-state index is 14.0. The van der Waals surface area contributed by atoms with E-state index in [1.807, 2.05) is 45.0 Å². The normalized spacial score (nSPS) is 12.2. The van der Waals surface area contributed by atoms with E-state index in [1.54, 1.807) is 25.1 Å². The first kappa shape index (κ1) is 31.9. The van der Waals surface area contributed by atoms with E-state index in [0.29, 0.717) is 6.54 Å². The number of hydrogen-bond donors (Lipinski definition) is 1. The van der Waals surface area contributed by atoms with E-state index in [9.17, 15) is 18.0 Å². The van der Waals surface area contributed by atoms with Crippen LogP contribution in [-0.4, -0.2) is 44.3 Å². The van der Waals surface area contributed by atoms with Crippen LogP contribution in [0.15, 0.2) is 76.1 Å². The predicted molar refractivity (Wildman–Crippen MR) is 164 cm³/mol. The zero-order valence-corrected chi connectivity index (χ0v) is 26.6. The van der Waals surface area contributed by atoms with Crippen LogP contribution in [0.2, 0.25) is 10.0 Å². The minimum atomic E-state index is -4.25. The summed E-state index contributed by atoms with van der Waals surface area (Å²) < 4.78 is 29.6. The minimum absolute atomic E-state index is 0.00478. The summed E-state index contributed by atoms with van der Waals surface area (Å²) in [6.07, 6.45) is 0. The van der Waals surface area contributed by atoms with Gasteiger partial charge in [-0.05, 0) is 61.7 Å². The molecule has 214 valence electrons. The highest BCUT2D eigenvalue weighted by Gasteiger charge is 2.33. The van der Waals surface area contributed by atoms with Gasteiger partial charge in [0, 0.05) is 17.6 Å². The maximum Gasteiger partial charge on any atom is 0.264 e. The fourth-order valence-corrected chi connectivity index (χ4v) is 6.00. The maximum absolute atomic E-state index is 14.0. The fourth-order valence-electron chi connectivity index (χ4n) is 3.86. The number of halogens is 3. The molecule has 0 aliphatic heterocycles. The Morgan fingerprint density at radius 1 is 0.950 bits per heavy atom. The van der Waals surface area contributed by atoms with E-state index in [4.69, 9.17) is 23.2 Å². The Morgan fingerprint density at radius 3 is 2.17 bits per heavy atom. The van der Waals surface area contributed by atoms with Crippen molar-refractivity contribution in [1.82, 2.24) is 10.2 Å². The molecule has 3 aromatic rings. The summed E-state index contributed by atoms with van der Waals surface area (Å²) in [5, 5.41) is 3.00. The molecule has 0 fully saturated rings. The topological polar surface area (TPSA) is 86.8 Å². The molecule has 0 radical (unpaired) electrons. The smallest absolute Gasteiger partial charge is 0.264 e. The Morgan fingerprint density at radius 2 is 1.57 bits per heavy atom. The molecule has 0 spiro atoms. The van der Waals surface area contributed by atoms with E-state index in [-0.39, 0.29) is 39.0 Å². The number of carbonyl (C=O) groups excluding carboxylic acids is 2. The van der Waals surface area contributed by atoms with E-state index in [1.165, 1.54) is 29.2 Å². The highest BCUT2D eigenvalue weighted by molar-refractivity contribution is 9.10. The average Bonchev–Trinajstić information content (AvgIpc) is 2.91. The molecule has 1 N–H and O–H groups in total. The van der Waals surface area contributed by atoms with E-state index in [0.717, 1.165) is 19.9 Å². The van der Waals surface area contributed by atoms with Crippen molar-refractivity contribution in [1.29, 1.82) is 0 Å². The largest absolute Gasteiger partial charge is 0.354 e. The van der Waals surface area contributed by atoms with Crippen molar-refractivity contribution in [2.24, 2.45) is 5.92 Å². The molecule has 0 saturated carbocycles. The number of sulfonamides is 1. The lowest BCUT2D eigenvalue weighted by Gasteiger charge is -2.32. The van der Waals surface area contributed by atoms with Gasteiger partial charge in [0.1, 0.15) is 12.6 Å². The van der Waals surface area contributed by atoms with Crippen LogP contribution in [0.4, 0.5) is 5.69 Å². The Balaban J connectivity index is 2.05. The molecule has 2 amide bonds. The molecule has 0 bridgehead atoms. The van der Waals surface area contributed by atoms with Crippen molar-refractivity contribution in [2.75, 3.05) is 17.4 Å². The van der Waals surface area contributed by atoms with Gasteiger partial charge in [-0.1, -0.05) is 88.9 Å². The number of rotatable bonds is 11. The molecule has 0 aliphatic rings. The Bertz CT molecular complexity index is 1450. The van der Waals surface area contributed by atoms with Gasteiger partial charge in [0.05, 0.1) is 20.6 Å². The lowest BCUT2D eigenvalue weighted by Crippen LogP contribution is -2.51. The van der Waals surface area contributed by atoms with Crippen LogP contribution in [0, 0.1) is 12.8 Å². The van der Waals surface area contributed by atoms with E-state index >= 15 is 0 Å². The number of amides is 2. The molecular formula is C29H32BrCl2N3O4S. The molecule has 11 heteroatoms. The molecule has 40 heavy (non-hydrogen) atoms. The van der Waals surface area contributed by atoms with Gasteiger partial charge in [-0.15, -0.1) is 0 Å². The van der Waals surface area contributed by atoms with Crippen molar-refractivity contribution in [2.45, 2.75) is 45.2 Å². The number of anilines is 1. The zero-order chi connectivity index (χ0) is 29.6. The summed E-state index contributed by atoms with van der Waals surface area (Å²) >= 11 is 16.1. The first-order valence-corrected chi connectivity index (χ1v) is 15.6. The van der Waals surface area contributed by atoms with Gasteiger partial charge in [-0.2, -0.15) is 0 Å². The second kappa shape index (κ2) is 13.9. The number of nitrogens with zero attached hydrogens (tertiary/aromatic N) is 2. The first-order valence-electron chi connectivity index (χ1n) is 12.7. The zero-order valence-electron chi connectivity index (χ0n) is 22.7. The van der Waals surface area contributed by atoms with Gasteiger partial charge in [0.15, 0.2) is 0 Å². The average molecular weight is 669 g/mol. The van der Waals surface area contributed by atoms with E-state index in [2.05, 4.69) is 21.2 Å². The second-order valence-electron chi connectivity index (χ2n) is 9.86. The molecule has 0 aliphatic carbocycles. The number of aryl methyl sites for hydroxylation is 1. The van der Waals surface area contributed by atoms with Gasteiger partial charge in [-0.25, -0.2) is 8.42 Å². The third-order valence-electron chi connectivity index (χ3n) is 6.21. The van der Waals surface area contributed by atoms with Crippen LogP contribution >= 0.6 is 39.1 Å². The van der Waals surface area contributed by atoms with Crippen molar-refractivity contribution in [3.8, 4) is 0 Å². The summed E-state index contributed by atoms with van der Waals surface area (Å²) in [5.74, 6) is -0.707. The Hall–Kier alpha value is -2.59. The SMILES string of the molecule is Cc1ccc(S(=O)(=O)N(CC(=O)N(Cc2ccc(Br)cc2)[C@@H](C)C(=O)NCC(C)C)c2cccc(Cl)c2Cl)cc1. The number of nitrogens with one attached hydrogen (secondary N) is 1. The molecule has 3 aromatic carbocycles. The van der Waals surface area contributed by atoms with Crippen molar-refractivity contribution < 1.29 is 18.0 Å². The van der Waals surface area contributed by atoms with Crippen LogP contribution in [-0.2, 0) is 26.2 Å². The van der Waals surface area contributed by atoms with Crippen LogP contribution in [0.5, 0.6) is 0 Å². The molecule has 0 aromatic heterocycles. The molecular weight excluding hydrogens is 637 g/mol. The summed E-state index contributed by atoms with van der Waals surface area (Å²) in [6.45, 7) is 7.33. The lowest BCUT2D eigenvalue weighted by atomic mass is 10.1. The Kier molecular flexibility index (Phi) is 11.1. The highest BCUT2D eigenvalue weighted by atomic mass is 79.9.